The molecule has 1 aromatic carbocycles. The number of nitriles is 1. The van der Waals surface area contributed by atoms with Gasteiger partial charge in [0.15, 0.2) is 11.6 Å². The highest BCUT2D eigenvalue weighted by Crippen LogP contribution is 2.30. The van der Waals surface area contributed by atoms with Crippen molar-refractivity contribution in [2.24, 2.45) is 11.7 Å². The molecule has 1 amide bonds. The van der Waals surface area contributed by atoms with Crippen molar-refractivity contribution in [2.45, 2.75) is 19.3 Å². The Hall–Kier alpha value is -2.16. The lowest BCUT2D eigenvalue weighted by Gasteiger charge is -2.33. The van der Waals surface area contributed by atoms with Gasteiger partial charge in [0.25, 0.3) is 0 Å². The van der Waals surface area contributed by atoms with E-state index in [-0.39, 0.29) is 23.1 Å². The average molecular weight is 279 g/mol. The molecule has 2 rings (SSSR count). The second kappa shape index (κ2) is 5.87. The van der Waals surface area contributed by atoms with Gasteiger partial charge in [-0.1, -0.05) is 0 Å². The Morgan fingerprint density at radius 2 is 1.90 bits per heavy atom. The lowest BCUT2D eigenvalue weighted by Crippen LogP contribution is -2.36. The van der Waals surface area contributed by atoms with Crippen LogP contribution in [0.15, 0.2) is 12.1 Å². The van der Waals surface area contributed by atoms with Crippen LogP contribution in [-0.2, 0) is 4.79 Å². The minimum absolute atomic E-state index is 0.0348. The van der Waals surface area contributed by atoms with Crippen LogP contribution < -0.4 is 10.6 Å². The third-order valence-corrected chi connectivity index (χ3v) is 3.57. The largest absolute Gasteiger partial charge is 0.370 e. The van der Waals surface area contributed by atoms with Crippen molar-refractivity contribution in [3.05, 3.63) is 29.3 Å². The lowest BCUT2D eigenvalue weighted by atomic mass is 9.93. The maximum Gasteiger partial charge on any atom is 0.217 e. The van der Waals surface area contributed by atoms with Crippen LogP contribution in [0.5, 0.6) is 0 Å². The van der Waals surface area contributed by atoms with E-state index in [0.29, 0.717) is 32.4 Å². The summed E-state index contributed by atoms with van der Waals surface area (Å²) in [6.45, 7) is 0.940. The van der Waals surface area contributed by atoms with Crippen LogP contribution in [-0.4, -0.2) is 19.0 Å². The number of amides is 1. The molecule has 0 unspecified atom stereocenters. The van der Waals surface area contributed by atoms with Crippen molar-refractivity contribution in [2.75, 3.05) is 18.0 Å². The first-order chi connectivity index (χ1) is 9.51. The fourth-order valence-electron chi connectivity index (χ4n) is 2.58. The molecule has 0 radical (unpaired) electrons. The zero-order chi connectivity index (χ0) is 14.7. The van der Waals surface area contributed by atoms with Gasteiger partial charge in [0.2, 0.25) is 5.91 Å². The monoisotopic (exact) mass is 279 g/mol. The average Bonchev–Trinajstić information content (AvgIpc) is 2.39. The van der Waals surface area contributed by atoms with Gasteiger partial charge in [-0.3, -0.25) is 4.79 Å². The SMILES string of the molecule is N#Cc1cc(F)c(N2CCC(CC(N)=O)CC2)c(F)c1. The third-order valence-electron chi connectivity index (χ3n) is 3.57. The number of piperidine rings is 1. The Bertz CT molecular complexity index is 537. The second-order valence-corrected chi connectivity index (χ2v) is 5.00. The molecule has 1 saturated heterocycles. The maximum absolute atomic E-state index is 13.9. The fourth-order valence-corrected chi connectivity index (χ4v) is 2.58. The molecule has 1 fully saturated rings. The Morgan fingerprint density at radius 1 is 1.35 bits per heavy atom. The highest BCUT2D eigenvalue weighted by Gasteiger charge is 2.25. The molecule has 1 heterocycles. The topological polar surface area (TPSA) is 70.1 Å². The molecule has 4 nitrogen and oxygen atoms in total. The number of carbonyl (C=O) groups excluding carboxylic acids is 1. The number of rotatable bonds is 3. The molecule has 0 aliphatic carbocycles. The number of benzene rings is 1. The quantitative estimate of drug-likeness (QED) is 0.919. The maximum atomic E-state index is 13.9. The molecule has 0 atom stereocenters. The van der Waals surface area contributed by atoms with Crippen molar-refractivity contribution >= 4 is 11.6 Å². The summed E-state index contributed by atoms with van der Waals surface area (Å²) in [4.78, 5) is 12.5. The first kappa shape index (κ1) is 14.3. The highest BCUT2D eigenvalue weighted by molar-refractivity contribution is 5.74. The van der Waals surface area contributed by atoms with Crippen LogP contribution in [0.4, 0.5) is 14.5 Å². The predicted octanol–water partition coefficient (Wildman–Crippen LogP) is 1.93. The van der Waals surface area contributed by atoms with Gasteiger partial charge in [0.1, 0.15) is 5.69 Å². The molecule has 0 aromatic heterocycles. The Morgan fingerprint density at radius 3 is 2.35 bits per heavy atom. The Labute approximate surface area is 115 Å². The number of nitrogens with zero attached hydrogens (tertiary/aromatic N) is 2. The molecule has 1 aromatic rings. The van der Waals surface area contributed by atoms with E-state index in [4.69, 9.17) is 11.0 Å². The number of nitrogens with two attached hydrogens (primary N) is 1. The summed E-state index contributed by atoms with van der Waals surface area (Å²) in [6, 6.07) is 3.79. The zero-order valence-corrected chi connectivity index (χ0v) is 10.9. The van der Waals surface area contributed by atoms with Gasteiger partial charge in [-0.15, -0.1) is 0 Å². The van der Waals surface area contributed by atoms with E-state index in [9.17, 15) is 13.6 Å². The summed E-state index contributed by atoms with van der Waals surface area (Å²) in [5.74, 6) is -1.63. The van der Waals surface area contributed by atoms with Crippen LogP contribution in [0.3, 0.4) is 0 Å². The molecule has 1 aliphatic rings. The summed E-state index contributed by atoms with van der Waals surface area (Å²) >= 11 is 0. The smallest absolute Gasteiger partial charge is 0.217 e. The summed E-state index contributed by atoms with van der Waals surface area (Å²) in [6.07, 6.45) is 1.65. The first-order valence-electron chi connectivity index (χ1n) is 6.43. The standard InChI is InChI=1S/C14H15F2N3O/c15-11-5-10(8-17)6-12(16)14(11)19-3-1-9(2-4-19)7-13(18)20/h5-6,9H,1-4,7H2,(H2,18,20). The van der Waals surface area contributed by atoms with Crippen molar-refractivity contribution < 1.29 is 13.6 Å². The van der Waals surface area contributed by atoms with E-state index >= 15 is 0 Å². The van der Waals surface area contributed by atoms with E-state index < -0.39 is 11.6 Å². The number of hydrogen-bond acceptors (Lipinski definition) is 3. The molecule has 6 heteroatoms. The van der Waals surface area contributed by atoms with Crippen LogP contribution in [0, 0.1) is 28.9 Å². The molecular formula is C14H15F2N3O. The van der Waals surface area contributed by atoms with Gasteiger partial charge in [-0.05, 0) is 30.9 Å². The molecule has 0 bridgehead atoms. The fraction of sp³-hybridized carbons (Fsp3) is 0.429. The van der Waals surface area contributed by atoms with Gasteiger partial charge >= 0.3 is 0 Å². The number of halogens is 2. The van der Waals surface area contributed by atoms with E-state index in [1.807, 2.05) is 0 Å². The summed E-state index contributed by atoms with van der Waals surface area (Å²) in [5.41, 5.74) is 5.02. The van der Waals surface area contributed by atoms with Crippen molar-refractivity contribution in [1.82, 2.24) is 0 Å². The van der Waals surface area contributed by atoms with Gasteiger partial charge in [-0.2, -0.15) is 5.26 Å². The van der Waals surface area contributed by atoms with Crippen LogP contribution in [0.1, 0.15) is 24.8 Å². The number of anilines is 1. The van der Waals surface area contributed by atoms with Crippen molar-refractivity contribution in [3.63, 3.8) is 0 Å². The van der Waals surface area contributed by atoms with Gasteiger partial charge in [0.05, 0.1) is 11.6 Å². The third kappa shape index (κ3) is 3.05. The Kier molecular flexibility index (Phi) is 4.18. The molecule has 1 aliphatic heterocycles. The molecule has 2 N–H and O–H groups in total. The van der Waals surface area contributed by atoms with Crippen LogP contribution in [0.25, 0.3) is 0 Å². The van der Waals surface area contributed by atoms with Crippen LogP contribution in [0.2, 0.25) is 0 Å². The number of carbonyl (C=O) groups is 1. The Balaban J connectivity index is 2.11. The van der Waals surface area contributed by atoms with Crippen LogP contribution >= 0.6 is 0 Å². The van der Waals surface area contributed by atoms with Gasteiger partial charge in [0, 0.05) is 19.5 Å². The van der Waals surface area contributed by atoms with Crippen molar-refractivity contribution in [3.8, 4) is 6.07 Å². The number of primary amides is 1. The molecule has 0 saturated carbocycles. The van der Waals surface area contributed by atoms with E-state index in [1.54, 1.807) is 11.0 Å². The summed E-state index contributed by atoms with van der Waals surface area (Å²) in [7, 11) is 0. The molecule has 20 heavy (non-hydrogen) atoms. The zero-order valence-electron chi connectivity index (χ0n) is 10.9. The van der Waals surface area contributed by atoms with Crippen molar-refractivity contribution in [1.29, 1.82) is 5.26 Å². The normalized spacial score (nSPS) is 15.9. The second-order valence-electron chi connectivity index (χ2n) is 5.00. The van der Waals surface area contributed by atoms with E-state index in [1.165, 1.54) is 0 Å². The minimum Gasteiger partial charge on any atom is -0.370 e. The highest BCUT2D eigenvalue weighted by atomic mass is 19.1. The molecule has 0 spiro atoms. The lowest BCUT2D eigenvalue weighted by molar-refractivity contribution is -0.119. The summed E-state index contributed by atoms with van der Waals surface area (Å²) in [5, 5.41) is 8.67. The van der Waals surface area contributed by atoms with E-state index in [0.717, 1.165) is 12.1 Å². The number of hydrogen-bond donors (Lipinski definition) is 1. The van der Waals surface area contributed by atoms with E-state index in [2.05, 4.69) is 0 Å². The predicted molar refractivity (Wildman–Crippen MR) is 69.8 cm³/mol. The molecular weight excluding hydrogens is 264 g/mol. The molecule has 106 valence electrons. The minimum atomic E-state index is -0.727. The first-order valence-corrected chi connectivity index (χ1v) is 6.43. The summed E-state index contributed by atoms with van der Waals surface area (Å²) < 4.78 is 27.8. The van der Waals surface area contributed by atoms with Gasteiger partial charge < -0.3 is 10.6 Å². The van der Waals surface area contributed by atoms with Gasteiger partial charge in [-0.25, -0.2) is 8.78 Å².